The molecule has 42 heavy (non-hydrogen) atoms. The van der Waals surface area contributed by atoms with Crippen LogP contribution in [0.5, 0.6) is 5.75 Å². The van der Waals surface area contributed by atoms with Crippen molar-refractivity contribution in [2.75, 3.05) is 13.1 Å². The highest BCUT2D eigenvalue weighted by Gasteiger charge is 2.36. The molecular formula is C29H23F5N4O4. The average Bonchev–Trinajstić information content (AvgIpc) is 3.38. The van der Waals surface area contributed by atoms with Gasteiger partial charge in [-0.2, -0.15) is 0 Å². The van der Waals surface area contributed by atoms with Crippen molar-refractivity contribution in [1.82, 2.24) is 20.2 Å². The monoisotopic (exact) mass is 586 g/mol. The van der Waals surface area contributed by atoms with Crippen LogP contribution in [0.3, 0.4) is 0 Å². The number of nitrogens with zero attached hydrogens (tertiary/aromatic N) is 3. The number of aromatic nitrogens is 2. The molecule has 0 radical (unpaired) electrons. The lowest BCUT2D eigenvalue weighted by atomic mass is 10.0. The van der Waals surface area contributed by atoms with E-state index in [1.54, 1.807) is 30.6 Å². The summed E-state index contributed by atoms with van der Waals surface area (Å²) in [6.07, 6.45) is 1.39. The molecule has 0 saturated carbocycles. The summed E-state index contributed by atoms with van der Waals surface area (Å²) in [5.41, 5.74) is 1.17. The van der Waals surface area contributed by atoms with Gasteiger partial charge in [-0.05, 0) is 48.0 Å². The number of fused-ring (bicyclic) bond motifs is 1. The van der Waals surface area contributed by atoms with Gasteiger partial charge in [0.05, 0.1) is 17.8 Å². The van der Waals surface area contributed by atoms with Gasteiger partial charge < -0.3 is 19.4 Å². The number of nitrogens with one attached hydrogen (secondary N) is 1. The summed E-state index contributed by atoms with van der Waals surface area (Å²) in [5, 5.41) is 2.86. The maximum absolute atomic E-state index is 13.4. The first-order chi connectivity index (χ1) is 20.0. The fourth-order valence-corrected chi connectivity index (χ4v) is 4.40. The molecule has 1 aromatic carbocycles. The number of amides is 2. The van der Waals surface area contributed by atoms with Crippen LogP contribution in [0.1, 0.15) is 34.5 Å². The van der Waals surface area contributed by atoms with Crippen LogP contribution >= 0.6 is 0 Å². The van der Waals surface area contributed by atoms with E-state index in [-0.39, 0.29) is 53.2 Å². The molecule has 13 heteroatoms. The van der Waals surface area contributed by atoms with Crippen molar-refractivity contribution < 1.29 is 40.7 Å². The third-order valence-corrected chi connectivity index (χ3v) is 6.50. The van der Waals surface area contributed by atoms with Crippen molar-refractivity contribution in [3.8, 4) is 17.0 Å². The zero-order valence-corrected chi connectivity index (χ0v) is 21.8. The van der Waals surface area contributed by atoms with Crippen LogP contribution in [-0.4, -0.2) is 52.1 Å². The van der Waals surface area contributed by atoms with E-state index in [0.717, 1.165) is 6.07 Å². The van der Waals surface area contributed by atoms with E-state index in [2.05, 4.69) is 20.0 Å². The van der Waals surface area contributed by atoms with E-state index in [1.807, 2.05) is 0 Å². The summed E-state index contributed by atoms with van der Waals surface area (Å²) in [5.74, 6) is -4.15. The lowest BCUT2D eigenvalue weighted by Crippen LogP contribution is -2.42. The molecule has 1 N–H and O–H groups in total. The molecule has 2 amide bonds. The predicted molar refractivity (Wildman–Crippen MR) is 141 cm³/mol. The molecular weight excluding hydrogens is 563 g/mol. The standard InChI is InChI=1S/C29H23F5N4O4/c30-28(31)7-10-38(11-8-28)27(40)19-4-5-23(36-16-19)20-12-21-13-22(41-26(21)24(14-20)42-29(32,33)34)17-37-25(39)6-3-18-2-1-9-35-15-18/h1-6,9,12-16H,7-8,10-11,17H2,(H,37,39). The van der Waals surface area contributed by atoms with Gasteiger partial charge in [0.1, 0.15) is 5.76 Å². The Bertz CT molecular complexity index is 1610. The Balaban J connectivity index is 1.34. The number of hydrogen-bond acceptors (Lipinski definition) is 6. The van der Waals surface area contributed by atoms with Crippen molar-refractivity contribution in [3.05, 3.63) is 84.0 Å². The number of alkyl halides is 5. The Kier molecular flexibility index (Phi) is 7.92. The first kappa shape index (κ1) is 28.7. The quantitative estimate of drug-likeness (QED) is 0.211. The minimum absolute atomic E-state index is 0.0908. The average molecular weight is 587 g/mol. The van der Waals surface area contributed by atoms with Gasteiger partial charge in [-0.3, -0.25) is 19.6 Å². The van der Waals surface area contributed by atoms with Gasteiger partial charge in [-0.25, -0.2) is 8.78 Å². The molecule has 0 bridgehead atoms. The number of hydrogen-bond donors (Lipinski definition) is 1. The number of benzene rings is 1. The van der Waals surface area contributed by atoms with E-state index in [9.17, 15) is 31.5 Å². The molecule has 8 nitrogen and oxygen atoms in total. The molecule has 0 aliphatic carbocycles. The Morgan fingerprint density at radius 3 is 2.55 bits per heavy atom. The van der Waals surface area contributed by atoms with E-state index in [4.69, 9.17) is 4.42 Å². The van der Waals surface area contributed by atoms with Crippen molar-refractivity contribution in [2.45, 2.75) is 31.7 Å². The fourth-order valence-electron chi connectivity index (χ4n) is 4.40. The van der Waals surface area contributed by atoms with E-state index in [0.29, 0.717) is 5.56 Å². The largest absolute Gasteiger partial charge is 0.573 e. The second kappa shape index (κ2) is 11.6. The molecule has 3 aromatic heterocycles. The first-order valence-corrected chi connectivity index (χ1v) is 12.8. The molecule has 1 fully saturated rings. The number of likely N-dealkylation sites (tertiary alicyclic amines) is 1. The zero-order valence-electron chi connectivity index (χ0n) is 21.8. The summed E-state index contributed by atoms with van der Waals surface area (Å²) < 4.78 is 76.3. The number of carbonyl (C=O) groups excluding carboxylic acids is 2. The molecule has 0 atom stereocenters. The number of ether oxygens (including phenoxy) is 1. The zero-order chi connectivity index (χ0) is 29.9. The van der Waals surface area contributed by atoms with E-state index in [1.165, 1.54) is 41.4 Å². The molecule has 1 saturated heterocycles. The van der Waals surface area contributed by atoms with Crippen molar-refractivity contribution >= 4 is 28.9 Å². The van der Waals surface area contributed by atoms with Gasteiger partial charge in [-0.15, -0.1) is 13.2 Å². The van der Waals surface area contributed by atoms with Gasteiger partial charge in [0.25, 0.3) is 11.8 Å². The molecule has 4 heterocycles. The third kappa shape index (κ3) is 7.09. The smallest absolute Gasteiger partial charge is 0.455 e. The maximum Gasteiger partial charge on any atom is 0.573 e. The number of furan rings is 1. The van der Waals surface area contributed by atoms with Crippen molar-refractivity contribution in [2.24, 2.45) is 0 Å². The van der Waals surface area contributed by atoms with Gasteiger partial charge in [0, 0.05) is 61.5 Å². The van der Waals surface area contributed by atoms with Crippen molar-refractivity contribution in [1.29, 1.82) is 0 Å². The van der Waals surface area contributed by atoms with Crippen LogP contribution in [0.4, 0.5) is 22.0 Å². The number of pyridine rings is 2. The Morgan fingerprint density at radius 1 is 1.10 bits per heavy atom. The molecule has 1 aliphatic rings. The third-order valence-electron chi connectivity index (χ3n) is 6.50. The summed E-state index contributed by atoms with van der Waals surface area (Å²) >= 11 is 0. The normalized spacial score (nSPS) is 15.2. The summed E-state index contributed by atoms with van der Waals surface area (Å²) in [4.78, 5) is 34.4. The number of halogens is 5. The highest BCUT2D eigenvalue weighted by molar-refractivity contribution is 5.95. The topological polar surface area (TPSA) is 97.6 Å². The lowest BCUT2D eigenvalue weighted by Gasteiger charge is -2.31. The molecule has 1 aliphatic heterocycles. The molecule has 0 unspecified atom stereocenters. The molecule has 4 aromatic rings. The second-order valence-corrected chi connectivity index (χ2v) is 9.57. The SMILES string of the molecule is O=C(C=Cc1cccnc1)NCc1cc2cc(-c3ccc(C(=O)N4CCC(F)(F)CC4)cn3)cc(OC(F)(F)F)c2o1. The minimum atomic E-state index is -5.02. The Labute approximate surface area is 235 Å². The number of carbonyl (C=O) groups is 2. The predicted octanol–water partition coefficient (Wildman–Crippen LogP) is 5.99. The van der Waals surface area contributed by atoms with E-state index >= 15 is 0 Å². The van der Waals surface area contributed by atoms with Crippen LogP contribution < -0.4 is 10.1 Å². The van der Waals surface area contributed by atoms with Crippen LogP contribution in [0.25, 0.3) is 28.3 Å². The summed E-state index contributed by atoms with van der Waals surface area (Å²) in [6, 6.07) is 10.5. The van der Waals surface area contributed by atoms with E-state index < -0.39 is 42.7 Å². The highest BCUT2D eigenvalue weighted by atomic mass is 19.4. The van der Waals surface area contributed by atoms with Gasteiger partial charge in [-0.1, -0.05) is 6.07 Å². The van der Waals surface area contributed by atoms with Crippen LogP contribution in [-0.2, 0) is 11.3 Å². The number of piperidine rings is 1. The Morgan fingerprint density at radius 2 is 1.88 bits per heavy atom. The lowest BCUT2D eigenvalue weighted by molar-refractivity contribution is -0.274. The van der Waals surface area contributed by atoms with Crippen LogP contribution in [0.15, 0.2) is 71.5 Å². The number of rotatable bonds is 7. The van der Waals surface area contributed by atoms with Gasteiger partial charge >= 0.3 is 6.36 Å². The summed E-state index contributed by atoms with van der Waals surface area (Å²) in [7, 11) is 0. The summed E-state index contributed by atoms with van der Waals surface area (Å²) in [6.45, 7) is -0.290. The Hall–Kier alpha value is -4.81. The fraction of sp³-hybridized carbons (Fsp3) is 0.241. The van der Waals surface area contributed by atoms with Crippen LogP contribution in [0.2, 0.25) is 0 Å². The highest BCUT2D eigenvalue weighted by Crippen LogP contribution is 2.37. The molecule has 0 spiro atoms. The van der Waals surface area contributed by atoms with Crippen molar-refractivity contribution in [3.63, 3.8) is 0 Å². The minimum Gasteiger partial charge on any atom is -0.455 e. The molecule has 218 valence electrons. The molecule has 5 rings (SSSR count). The first-order valence-electron chi connectivity index (χ1n) is 12.8. The van der Waals surface area contributed by atoms with Crippen LogP contribution in [0, 0.1) is 0 Å². The second-order valence-electron chi connectivity index (χ2n) is 9.57. The maximum atomic E-state index is 13.4. The van der Waals surface area contributed by atoms with Gasteiger partial charge in [0.15, 0.2) is 11.3 Å². The van der Waals surface area contributed by atoms with Gasteiger partial charge in [0.2, 0.25) is 5.91 Å².